The van der Waals surface area contributed by atoms with E-state index in [4.69, 9.17) is 4.99 Å². The van der Waals surface area contributed by atoms with Crippen LogP contribution in [0.1, 0.15) is 63.9 Å². The number of hydrogen-bond donors (Lipinski definition) is 1. The molecule has 1 aromatic rings. The number of nitrogens with zero attached hydrogens (tertiary/aromatic N) is 4. The van der Waals surface area contributed by atoms with E-state index in [1.54, 1.807) is 0 Å². The number of nitrogens with one attached hydrogen (secondary N) is 1. The van der Waals surface area contributed by atoms with Gasteiger partial charge in [-0.15, -0.1) is 0 Å². The molecule has 25 heavy (non-hydrogen) atoms. The molecule has 3 rings (SSSR count). The minimum Gasteiger partial charge on any atom is -0.357 e. The molecule has 2 heterocycles. The van der Waals surface area contributed by atoms with Crippen LogP contribution < -0.4 is 5.32 Å². The van der Waals surface area contributed by atoms with Crippen molar-refractivity contribution in [3.05, 3.63) is 18.0 Å². The molecule has 0 bridgehead atoms. The first kappa shape index (κ1) is 18.3. The molecule has 0 aromatic carbocycles. The van der Waals surface area contributed by atoms with E-state index in [9.17, 15) is 0 Å². The molecule has 1 aliphatic carbocycles. The van der Waals surface area contributed by atoms with Gasteiger partial charge in [0.05, 0.1) is 6.20 Å². The third kappa shape index (κ3) is 4.99. The van der Waals surface area contributed by atoms with Crippen LogP contribution in [0, 0.1) is 5.41 Å². The third-order valence-electron chi connectivity index (χ3n) is 5.88. The van der Waals surface area contributed by atoms with Crippen LogP contribution in [0.3, 0.4) is 0 Å². The molecule has 2 fully saturated rings. The maximum absolute atomic E-state index is 4.94. The molecule has 1 saturated carbocycles. The van der Waals surface area contributed by atoms with Crippen LogP contribution in [0.5, 0.6) is 0 Å². The van der Waals surface area contributed by atoms with Crippen LogP contribution in [0.2, 0.25) is 0 Å². The first-order valence-corrected chi connectivity index (χ1v) is 10.2. The first-order valence-electron chi connectivity index (χ1n) is 10.2. The van der Waals surface area contributed by atoms with Gasteiger partial charge >= 0.3 is 0 Å². The normalized spacial score (nSPS) is 21.4. The lowest BCUT2D eigenvalue weighted by Gasteiger charge is -2.44. The van der Waals surface area contributed by atoms with E-state index in [0.717, 1.165) is 32.0 Å². The van der Waals surface area contributed by atoms with Gasteiger partial charge in [-0.3, -0.25) is 9.67 Å². The van der Waals surface area contributed by atoms with Gasteiger partial charge in [-0.1, -0.05) is 25.7 Å². The van der Waals surface area contributed by atoms with E-state index in [2.05, 4.69) is 28.4 Å². The SMILES string of the molecule is CCNC(=NCCc1cnn(C)c1)N1CCCC2(CCCCCC2)C1. The Labute approximate surface area is 152 Å². The Kier molecular flexibility index (Phi) is 6.38. The van der Waals surface area contributed by atoms with E-state index < -0.39 is 0 Å². The second-order valence-electron chi connectivity index (χ2n) is 7.95. The van der Waals surface area contributed by atoms with E-state index in [1.165, 1.54) is 63.5 Å². The van der Waals surface area contributed by atoms with Crippen LogP contribution in [-0.2, 0) is 13.5 Å². The predicted molar refractivity (Wildman–Crippen MR) is 104 cm³/mol. The van der Waals surface area contributed by atoms with Crippen molar-refractivity contribution >= 4 is 5.96 Å². The number of hydrogen-bond acceptors (Lipinski definition) is 2. The Bertz CT molecular complexity index is 554. The number of aryl methyl sites for hydroxylation is 1. The topological polar surface area (TPSA) is 45.5 Å². The molecular weight excluding hydrogens is 310 g/mol. The molecule has 1 aliphatic heterocycles. The zero-order chi connectivity index (χ0) is 17.5. The second-order valence-corrected chi connectivity index (χ2v) is 7.95. The highest BCUT2D eigenvalue weighted by atomic mass is 15.3. The fourth-order valence-corrected chi connectivity index (χ4v) is 4.59. The molecule has 0 atom stereocenters. The minimum atomic E-state index is 0.550. The summed E-state index contributed by atoms with van der Waals surface area (Å²) in [6.07, 6.45) is 16.3. The summed E-state index contributed by atoms with van der Waals surface area (Å²) in [6, 6.07) is 0. The fourth-order valence-electron chi connectivity index (χ4n) is 4.59. The molecule has 1 N–H and O–H groups in total. The van der Waals surface area contributed by atoms with Crippen molar-refractivity contribution in [2.75, 3.05) is 26.2 Å². The first-order chi connectivity index (χ1) is 12.2. The van der Waals surface area contributed by atoms with Gasteiger partial charge in [-0.2, -0.15) is 5.10 Å². The standard InChI is InChI=1S/C20H35N5/c1-3-21-19(22-13-9-18-15-23-24(2)16-18)25-14-8-12-20(17-25)10-6-4-5-7-11-20/h15-16H,3-14,17H2,1-2H3,(H,21,22). The van der Waals surface area contributed by atoms with E-state index in [0.29, 0.717) is 5.41 Å². The Morgan fingerprint density at radius 3 is 2.64 bits per heavy atom. The van der Waals surface area contributed by atoms with Gasteiger partial charge < -0.3 is 10.2 Å². The maximum atomic E-state index is 4.94. The number of aliphatic imine (C=N–C) groups is 1. The number of rotatable bonds is 4. The van der Waals surface area contributed by atoms with Gasteiger partial charge in [0.25, 0.3) is 0 Å². The van der Waals surface area contributed by atoms with Crippen molar-refractivity contribution in [3.8, 4) is 0 Å². The molecule has 2 aliphatic rings. The van der Waals surface area contributed by atoms with E-state index in [1.807, 2.05) is 17.9 Å². The zero-order valence-electron chi connectivity index (χ0n) is 16.1. The number of aromatic nitrogens is 2. The van der Waals surface area contributed by atoms with Gasteiger partial charge in [0.2, 0.25) is 0 Å². The minimum absolute atomic E-state index is 0.550. The van der Waals surface area contributed by atoms with Crippen molar-refractivity contribution in [2.45, 2.75) is 64.7 Å². The lowest BCUT2D eigenvalue weighted by Crippen LogP contribution is -2.50. The average molecular weight is 346 g/mol. The van der Waals surface area contributed by atoms with E-state index in [-0.39, 0.29) is 0 Å². The largest absolute Gasteiger partial charge is 0.357 e. The summed E-state index contributed by atoms with van der Waals surface area (Å²) < 4.78 is 1.87. The Hall–Kier alpha value is -1.52. The maximum Gasteiger partial charge on any atom is 0.193 e. The molecular formula is C20H35N5. The quantitative estimate of drug-likeness (QED) is 0.672. The molecule has 5 heteroatoms. The van der Waals surface area contributed by atoms with Gasteiger partial charge in [0.15, 0.2) is 5.96 Å². The molecule has 0 amide bonds. The molecule has 0 unspecified atom stereocenters. The number of likely N-dealkylation sites (tertiary alicyclic amines) is 1. The zero-order valence-corrected chi connectivity index (χ0v) is 16.1. The van der Waals surface area contributed by atoms with Crippen molar-refractivity contribution < 1.29 is 0 Å². The van der Waals surface area contributed by atoms with Crippen LogP contribution >= 0.6 is 0 Å². The van der Waals surface area contributed by atoms with Gasteiger partial charge in [0, 0.05) is 39.4 Å². The summed E-state index contributed by atoms with van der Waals surface area (Å²) in [5.41, 5.74) is 1.81. The van der Waals surface area contributed by atoms with Gasteiger partial charge in [-0.25, -0.2) is 0 Å². The third-order valence-corrected chi connectivity index (χ3v) is 5.88. The van der Waals surface area contributed by atoms with Crippen molar-refractivity contribution in [1.82, 2.24) is 20.0 Å². The van der Waals surface area contributed by atoms with Crippen LogP contribution in [-0.4, -0.2) is 46.8 Å². The summed E-state index contributed by atoms with van der Waals surface area (Å²) in [5.74, 6) is 1.12. The molecule has 0 radical (unpaired) electrons. The lowest BCUT2D eigenvalue weighted by molar-refractivity contribution is 0.115. The van der Waals surface area contributed by atoms with E-state index >= 15 is 0 Å². The smallest absolute Gasteiger partial charge is 0.193 e. The van der Waals surface area contributed by atoms with Gasteiger partial charge in [0.1, 0.15) is 0 Å². The number of guanidine groups is 1. The van der Waals surface area contributed by atoms with Crippen LogP contribution in [0.25, 0.3) is 0 Å². The molecule has 1 saturated heterocycles. The lowest BCUT2D eigenvalue weighted by atomic mass is 9.74. The highest BCUT2D eigenvalue weighted by molar-refractivity contribution is 5.80. The van der Waals surface area contributed by atoms with Crippen molar-refractivity contribution in [2.24, 2.45) is 17.5 Å². The number of piperidine rings is 1. The monoisotopic (exact) mass is 345 g/mol. The average Bonchev–Trinajstić information content (AvgIpc) is 2.90. The van der Waals surface area contributed by atoms with Crippen LogP contribution in [0.4, 0.5) is 0 Å². The summed E-state index contributed by atoms with van der Waals surface area (Å²) in [4.78, 5) is 7.48. The summed E-state index contributed by atoms with van der Waals surface area (Å²) in [7, 11) is 1.97. The van der Waals surface area contributed by atoms with Gasteiger partial charge in [-0.05, 0) is 50.0 Å². The second kappa shape index (κ2) is 8.72. The summed E-state index contributed by atoms with van der Waals surface area (Å²) in [6.45, 7) is 6.29. The molecule has 1 aromatic heterocycles. The summed E-state index contributed by atoms with van der Waals surface area (Å²) in [5, 5.41) is 7.79. The van der Waals surface area contributed by atoms with Crippen molar-refractivity contribution in [3.63, 3.8) is 0 Å². The Balaban J connectivity index is 1.63. The predicted octanol–water partition coefficient (Wildman–Crippen LogP) is 3.36. The summed E-state index contributed by atoms with van der Waals surface area (Å²) >= 11 is 0. The highest BCUT2D eigenvalue weighted by Crippen LogP contribution is 2.42. The fraction of sp³-hybridized carbons (Fsp3) is 0.800. The Morgan fingerprint density at radius 1 is 1.20 bits per heavy atom. The molecule has 1 spiro atoms. The van der Waals surface area contributed by atoms with Crippen LogP contribution in [0.15, 0.2) is 17.4 Å². The van der Waals surface area contributed by atoms with Crippen molar-refractivity contribution in [1.29, 1.82) is 0 Å². The Morgan fingerprint density at radius 2 is 1.96 bits per heavy atom. The molecule has 140 valence electrons. The molecule has 5 nitrogen and oxygen atoms in total. The highest BCUT2D eigenvalue weighted by Gasteiger charge is 2.36.